The van der Waals surface area contributed by atoms with Gasteiger partial charge in [-0.3, -0.25) is 0 Å². The summed E-state index contributed by atoms with van der Waals surface area (Å²) >= 11 is 0. The van der Waals surface area contributed by atoms with E-state index in [0.717, 1.165) is 13.0 Å². The Labute approximate surface area is 109 Å². The molecule has 1 unspecified atom stereocenters. The van der Waals surface area contributed by atoms with Crippen molar-refractivity contribution in [3.63, 3.8) is 0 Å². The SMILES string of the molecule is CC.CNC(=O)NC1CCN(C)c2ccccc21. The van der Waals surface area contributed by atoms with Gasteiger partial charge in [0, 0.05) is 26.3 Å². The molecule has 2 amide bonds. The fourth-order valence-electron chi connectivity index (χ4n) is 2.11. The molecule has 100 valence electrons. The van der Waals surface area contributed by atoms with E-state index >= 15 is 0 Å². The van der Waals surface area contributed by atoms with Gasteiger partial charge in [0.1, 0.15) is 0 Å². The summed E-state index contributed by atoms with van der Waals surface area (Å²) in [5, 5.41) is 5.56. The number of hydrogen-bond donors (Lipinski definition) is 2. The quantitative estimate of drug-likeness (QED) is 0.803. The second kappa shape index (κ2) is 6.89. The molecule has 0 fully saturated rings. The Hall–Kier alpha value is -1.71. The summed E-state index contributed by atoms with van der Waals surface area (Å²) in [6.07, 6.45) is 0.945. The fraction of sp³-hybridized carbons (Fsp3) is 0.500. The van der Waals surface area contributed by atoms with Crippen LogP contribution in [0.2, 0.25) is 0 Å². The van der Waals surface area contributed by atoms with Crippen molar-refractivity contribution in [1.82, 2.24) is 10.6 Å². The normalized spacial score (nSPS) is 17.1. The molecule has 1 aliphatic rings. The maximum Gasteiger partial charge on any atom is 0.315 e. The molecule has 1 aromatic rings. The summed E-state index contributed by atoms with van der Waals surface area (Å²) in [6.45, 7) is 4.96. The Balaban J connectivity index is 0.000000771. The number of fused-ring (bicyclic) bond motifs is 1. The first kappa shape index (κ1) is 14.4. The zero-order chi connectivity index (χ0) is 13.5. The summed E-state index contributed by atoms with van der Waals surface area (Å²) in [4.78, 5) is 13.6. The minimum absolute atomic E-state index is 0.118. The third-order valence-electron chi connectivity index (χ3n) is 3.01. The molecule has 0 saturated carbocycles. The minimum Gasteiger partial charge on any atom is -0.374 e. The van der Waals surface area contributed by atoms with E-state index in [1.54, 1.807) is 7.05 Å². The lowest BCUT2D eigenvalue weighted by Gasteiger charge is -2.33. The Morgan fingerprint density at radius 1 is 1.33 bits per heavy atom. The second-order valence-corrected chi connectivity index (χ2v) is 4.05. The van der Waals surface area contributed by atoms with Gasteiger partial charge in [-0.2, -0.15) is 0 Å². The maximum atomic E-state index is 11.3. The van der Waals surface area contributed by atoms with E-state index in [1.807, 2.05) is 26.0 Å². The van der Waals surface area contributed by atoms with Crippen LogP contribution in [0.25, 0.3) is 0 Å². The van der Waals surface area contributed by atoms with Crippen LogP contribution in [0.4, 0.5) is 10.5 Å². The molecule has 0 saturated heterocycles. The van der Waals surface area contributed by atoms with Crippen LogP contribution >= 0.6 is 0 Å². The number of anilines is 1. The topological polar surface area (TPSA) is 44.4 Å². The average Bonchev–Trinajstić information content (AvgIpc) is 2.44. The highest BCUT2D eigenvalue weighted by Crippen LogP contribution is 2.32. The predicted molar refractivity (Wildman–Crippen MR) is 76.0 cm³/mol. The molecule has 2 rings (SSSR count). The first-order valence-electron chi connectivity index (χ1n) is 6.50. The van der Waals surface area contributed by atoms with Crippen LogP contribution in [0, 0.1) is 0 Å². The largest absolute Gasteiger partial charge is 0.374 e. The van der Waals surface area contributed by atoms with Crippen molar-refractivity contribution in [2.24, 2.45) is 0 Å². The summed E-state index contributed by atoms with van der Waals surface area (Å²) in [7, 11) is 3.71. The molecule has 0 radical (unpaired) electrons. The molecule has 0 aromatic heterocycles. The Morgan fingerprint density at radius 2 is 2.00 bits per heavy atom. The molecule has 0 spiro atoms. The third-order valence-corrected chi connectivity index (χ3v) is 3.01. The molecule has 1 aromatic carbocycles. The number of urea groups is 1. The number of para-hydroxylation sites is 1. The smallest absolute Gasteiger partial charge is 0.315 e. The summed E-state index contributed by atoms with van der Waals surface area (Å²) in [5.74, 6) is 0. The van der Waals surface area contributed by atoms with Crippen molar-refractivity contribution < 1.29 is 4.79 Å². The van der Waals surface area contributed by atoms with Crippen molar-refractivity contribution in [2.75, 3.05) is 25.5 Å². The molecule has 18 heavy (non-hydrogen) atoms. The number of amides is 2. The molecule has 1 atom stereocenters. The zero-order valence-corrected chi connectivity index (χ0v) is 11.7. The van der Waals surface area contributed by atoms with Crippen molar-refractivity contribution in [3.05, 3.63) is 29.8 Å². The predicted octanol–water partition coefficient (Wildman–Crippen LogP) is 2.52. The van der Waals surface area contributed by atoms with Gasteiger partial charge < -0.3 is 15.5 Å². The highest BCUT2D eigenvalue weighted by atomic mass is 16.2. The van der Waals surface area contributed by atoms with Crippen molar-refractivity contribution in [1.29, 1.82) is 0 Å². The van der Waals surface area contributed by atoms with Crippen LogP contribution in [0.1, 0.15) is 31.9 Å². The van der Waals surface area contributed by atoms with E-state index in [4.69, 9.17) is 0 Å². The number of carbonyl (C=O) groups is 1. The van der Waals surface area contributed by atoms with Gasteiger partial charge in [0.05, 0.1) is 6.04 Å². The van der Waals surface area contributed by atoms with Crippen LogP contribution in [-0.2, 0) is 0 Å². The number of benzene rings is 1. The molecule has 4 nitrogen and oxygen atoms in total. The van der Waals surface area contributed by atoms with Gasteiger partial charge in [-0.1, -0.05) is 32.0 Å². The maximum absolute atomic E-state index is 11.3. The van der Waals surface area contributed by atoms with Crippen LogP contribution < -0.4 is 15.5 Å². The molecule has 2 N–H and O–H groups in total. The second-order valence-electron chi connectivity index (χ2n) is 4.05. The summed E-state index contributed by atoms with van der Waals surface area (Å²) < 4.78 is 0. The molecular weight excluding hydrogens is 226 g/mol. The molecular formula is C14H23N3O. The highest BCUT2D eigenvalue weighted by molar-refractivity contribution is 5.74. The number of nitrogens with one attached hydrogen (secondary N) is 2. The molecule has 0 bridgehead atoms. The fourth-order valence-corrected chi connectivity index (χ4v) is 2.11. The first-order valence-corrected chi connectivity index (χ1v) is 6.50. The summed E-state index contributed by atoms with van der Waals surface area (Å²) in [6, 6.07) is 8.20. The average molecular weight is 249 g/mol. The lowest BCUT2D eigenvalue weighted by molar-refractivity contribution is 0.238. The number of nitrogens with zero attached hydrogens (tertiary/aromatic N) is 1. The van der Waals surface area contributed by atoms with Crippen LogP contribution in [-0.4, -0.2) is 26.7 Å². The minimum atomic E-state index is -0.121. The highest BCUT2D eigenvalue weighted by Gasteiger charge is 2.23. The van der Waals surface area contributed by atoms with Gasteiger partial charge in [0.25, 0.3) is 0 Å². The zero-order valence-electron chi connectivity index (χ0n) is 11.7. The van der Waals surface area contributed by atoms with Gasteiger partial charge >= 0.3 is 6.03 Å². The number of rotatable bonds is 1. The third kappa shape index (κ3) is 3.15. The van der Waals surface area contributed by atoms with Crippen molar-refractivity contribution in [2.45, 2.75) is 26.3 Å². The summed E-state index contributed by atoms with van der Waals surface area (Å²) in [5.41, 5.74) is 2.40. The standard InChI is InChI=1S/C12H17N3O.C2H6/c1-13-12(16)14-10-7-8-15(2)11-6-4-3-5-9(10)11;1-2/h3-6,10H,7-8H2,1-2H3,(H2,13,14,16);1-2H3. The Morgan fingerprint density at radius 3 is 2.67 bits per heavy atom. The van der Waals surface area contributed by atoms with E-state index < -0.39 is 0 Å². The van der Waals surface area contributed by atoms with E-state index in [9.17, 15) is 4.79 Å². The first-order chi connectivity index (χ1) is 8.72. The van der Waals surface area contributed by atoms with E-state index in [-0.39, 0.29) is 12.1 Å². The molecule has 1 heterocycles. The molecule has 4 heteroatoms. The van der Waals surface area contributed by atoms with E-state index in [2.05, 4.69) is 34.7 Å². The monoisotopic (exact) mass is 249 g/mol. The van der Waals surface area contributed by atoms with Crippen LogP contribution in [0.15, 0.2) is 24.3 Å². The van der Waals surface area contributed by atoms with Gasteiger partial charge in [-0.25, -0.2) is 4.79 Å². The lowest BCUT2D eigenvalue weighted by Crippen LogP contribution is -2.40. The lowest BCUT2D eigenvalue weighted by atomic mass is 9.97. The van der Waals surface area contributed by atoms with Crippen molar-refractivity contribution >= 4 is 11.7 Å². The van der Waals surface area contributed by atoms with Crippen LogP contribution in [0.5, 0.6) is 0 Å². The van der Waals surface area contributed by atoms with Gasteiger partial charge in [-0.05, 0) is 18.1 Å². The molecule has 0 aliphatic carbocycles. The van der Waals surface area contributed by atoms with Crippen LogP contribution in [0.3, 0.4) is 0 Å². The Kier molecular flexibility index (Phi) is 5.49. The Bertz CT molecular complexity index is 392. The number of carbonyl (C=O) groups excluding carboxylic acids is 1. The van der Waals surface area contributed by atoms with E-state index in [0.29, 0.717) is 0 Å². The van der Waals surface area contributed by atoms with Gasteiger partial charge in [-0.15, -0.1) is 0 Å². The molecule has 1 aliphatic heterocycles. The van der Waals surface area contributed by atoms with Gasteiger partial charge in [0.2, 0.25) is 0 Å². The number of hydrogen-bond acceptors (Lipinski definition) is 2. The van der Waals surface area contributed by atoms with E-state index in [1.165, 1.54) is 11.3 Å². The van der Waals surface area contributed by atoms with Crippen molar-refractivity contribution in [3.8, 4) is 0 Å². The van der Waals surface area contributed by atoms with Gasteiger partial charge in [0.15, 0.2) is 0 Å².